The second-order valence-corrected chi connectivity index (χ2v) is 6.74. The van der Waals surface area contributed by atoms with Crippen molar-refractivity contribution in [3.8, 4) is 0 Å². The van der Waals surface area contributed by atoms with Crippen molar-refractivity contribution < 1.29 is 4.79 Å². The Balaban J connectivity index is 1.73. The van der Waals surface area contributed by atoms with Crippen LogP contribution < -0.4 is 16.0 Å². The van der Waals surface area contributed by atoms with E-state index in [4.69, 9.17) is 0 Å². The summed E-state index contributed by atoms with van der Waals surface area (Å²) in [5.41, 5.74) is 1.22. The van der Waals surface area contributed by atoms with Crippen LogP contribution in [0.4, 0.5) is 0 Å². The number of carbonyl (C=O) groups excluding carboxylic acids is 1. The van der Waals surface area contributed by atoms with Gasteiger partial charge in [-0.1, -0.05) is 43.2 Å². The fourth-order valence-electron chi connectivity index (χ4n) is 3.26. The largest absolute Gasteiger partial charge is 0.357 e. The smallest absolute Gasteiger partial charge is 0.220 e. The van der Waals surface area contributed by atoms with Crippen LogP contribution in [0.15, 0.2) is 35.3 Å². The van der Waals surface area contributed by atoms with Crippen LogP contribution in [0, 0.1) is 5.92 Å². The Bertz CT molecular complexity index is 538. The summed E-state index contributed by atoms with van der Waals surface area (Å²) in [6.07, 6.45) is 5.64. The Kier molecular flexibility index (Phi) is 8.29. The highest BCUT2D eigenvalue weighted by molar-refractivity contribution is 5.80. The lowest BCUT2D eigenvalue weighted by molar-refractivity contribution is -0.121. The van der Waals surface area contributed by atoms with Gasteiger partial charge < -0.3 is 16.0 Å². The minimum absolute atomic E-state index is 0.165. The maximum absolute atomic E-state index is 11.9. The molecule has 0 radical (unpaired) electrons. The van der Waals surface area contributed by atoms with Crippen molar-refractivity contribution >= 4 is 11.9 Å². The summed E-state index contributed by atoms with van der Waals surface area (Å²) in [7, 11) is 0. The number of hydrogen-bond acceptors (Lipinski definition) is 2. The molecule has 0 spiro atoms. The zero-order valence-corrected chi connectivity index (χ0v) is 15.6. The molecule has 1 unspecified atom stereocenters. The molecule has 1 fully saturated rings. The second-order valence-electron chi connectivity index (χ2n) is 6.74. The standard InChI is InChI=1S/C20H32N4O/c1-3-21-20(24-16(2)18-11-5-4-6-12-18)23-14-13-22-19(25)15-17-9-7-8-10-17/h4-6,11-12,16-17H,3,7-10,13-15H2,1-2H3,(H,22,25)(H2,21,23,24). The van der Waals surface area contributed by atoms with Crippen molar-refractivity contribution in [3.05, 3.63) is 35.9 Å². The third-order valence-corrected chi connectivity index (χ3v) is 4.65. The van der Waals surface area contributed by atoms with E-state index in [0.29, 0.717) is 25.4 Å². The highest BCUT2D eigenvalue weighted by Crippen LogP contribution is 2.27. The summed E-state index contributed by atoms with van der Waals surface area (Å²) in [6, 6.07) is 10.5. The van der Waals surface area contributed by atoms with E-state index in [9.17, 15) is 4.79 Å². The number of guanidine groups is 1. The van der Waals surface area contributed by atoms with Crippen molar-refractivity contribution in [1.29, 1.82) is 0 Å². The lowest BCUT2D eigenvalue weighted by atomic mass is 10.0. The van der Waals surface area contributed by atoms with Crippen LogP contribution >= 0.6 is 0 Å². The van der Waals surface area contributed by atoms with Gasteiger partial charge in [-0.2, -0.15) is 0 Å². The van der Waals surface area contributed by atoms with Crippen LogP contribution in [0.3, 0.4) is 0 Å². The monoisotopic (exact) mass is 344 g/mol. The molecule has 5 heteroatoms. The molecule has 0 aromatic heterocycles. The third kappa shape index (κ3) is 7.16. The van der Waals surface area contributed by atoms with Gasteiger partial charge in [0, 0.05) is 19.5 Å². The lowest BCUT2D eigenvalue weighted by Gasteiger charge is -2.18. The summed E-state index contributed by atoms with van der Waals surface area (Å²) >= 11 is 0. The first-order chi connectivity index (χ1) is 12.2. The molecule has 1 saturated carbocycles. The first-order valence-electron chi connectivity index (χ1n) is 9.55. The van der Waals surface area contributed by atoms with Crippen molar-refractivity contribution in [2.24, 2.45) is 10.9 Å². The van der Waals surface area contributed by atoms with E-state index >= 15 is 0 Å². The van der Waals surface area contributed by atoms with Gasteiger partial charge in [0.05, 0.1) is 12.6 Å². The Morgan fingerprint density at radius 2 is 1.92 bits per heavy atom. The van der Waals surface area contributed by atoms with Crippen molar-refractivity contribution in [3.63, 3.8) is 0 Å². The van der Waals surface area contributed by atoms with E-state index in [1.54, 1.807) is 0 Å². The van der Waals surface area contributed by atoms with Crippen molar-refractivity contribution in [2.45, 2.75) is 52.0 Å². The average Bonchev–Trinajstić information content (AvgIpc) is 3.12. The van der Waals surface area contributed by atoms with Crippen molar-refractivity contribution in [1.82, 2.24) is 16.0 Å². The molecular weight excluding hydrogens is 312 g/mol. The van der Waals surface area contributed by atoms with Crippen LogP contribution in [0.5, 0.6) is 0 Å². The summed E-state index contributed by atoms with van der Waals surface area (Å²) in [6.45, 7) is 6.13. The number of rotatable bonds is 8. The molecular formula is C20H32N4O. The van der Waals surface area contributed by atoms with Gasteiger partial charge in [0.15, 0.2) is 5.96 Å². The van der Waals surface area contributed by atoms with Crippen LogP contribution in [-0.2, 0) is 4.79 Å². The molecule has 0 aliphatic heterocycles. The van der Waals surface area contributed by atoms with Crippen molar-refractivity contribution in [2.75, 3.05) is 19.6 Å². The minimum atomic E-state index is 0.165. The number of hydrogen-bond donors (Lipinski definition) is 3. The molecule has 25 heavy (non-hydrogen) atoms. The number of aliphatic imine (C=N–C) groups is 1. The van der Waals surface area contributed by atoms with Gasteiger partial charge in [-0.3, -0.25) is 9.79 Å². The highest BCUT2D eigenvalue weighted by atomic mass is 16.1. The number of carbonyl (C=O) groups is 1. The zero-order chi connectivity index (χ0) is 17.9. The van der Waals surface area contributed by atoms with Crippen LogP contribution in [0.25, 0.3) is 0 Å². The highest BCUT2D eigenvalue weighted by Gasteiger charge is 2.17. The normalized spacial score (nSPS) is 16.5. The maximum atomic E-state index is 11.9. The summed E-state index contributed by atoms with van der Waals surface area (Å²) in [5, 5.41) is 9.65. The molecule has 1 aliphatic carbocycles. The fourth-order valence-corrected chi connectivity index (χ4v) is 3.26. The Labute approximate surface area is 151 Å². The quantitative estimate of drug-likeness (QED) is 0.386. The Morgan fingerprint density at radius 1 is 1.20 bits per heavy atom. The van der Waals surface area contributed by atoms with Gasteiger partial charge in [-0.05, 0) is 38.2 Å². The molecule has 0 saturated heterocycles. The molecule has 2 rings (SSSR count). The summed E-state index contributed by atoms with van der Waals surface area (Å²) in [5.74, 6) is 1.54. The van der Waals surface area contributed by atoms with E-state index in [-0.39, 0.29) is 11.9 Å². The zero-order valence-electron chi connectivity index (χ0n) is 15.6. The lowest BCUT2D eigenvalue weighted by Crippen LogP contribution is -2.39. The average molecular weight is 345 g/mol. The Hall–Kier alpha value is -2.04. The second kappa shape index (κ2) is 10.7. The van der Waals surface area contributed by atoms with Gasteiger partial charge in [-0.15, -0.1) is 0 Å². The molecule has 0 heterocycles. The first kappa shape index (κ1) is 19.3. The van der Waals surface area contributed by atoms with Crippen LogP contribution in [-0.4, -0.2) is 31.5 Å². The molecule has 1 atom stereocenters. The number of amides is 1. The predicted octanol–water partition coefficient (Wildman–Crippen LogP) is 3.00. The molecule has 1 aromatic rings. The van der Waals surface area contributed by atoms with E-state index in [2.05, 4.69) is 40.0 Å². The van der Waals surface area contributed by atoms with E-state index in [0.717, 1.165) is 12.5 Å². The molecule has 1 aromatic carbocycles. The van der Waals surface area contributed by atoms with Gasteiger partial charge >= 0.3 is 0 Å². The van der Waals surface area contributed by atoms with Gasteiger partial charge in [-0.25, -0.2) is 0 Å². The van der Waals surface area contributed by atoms with E-state index < -0.39 is 0 Å². The number of nitrogens with zero attached hydrogens (tertiary/aromatic N) is 1. The molecule has 5 nitrogen and oxygen atoms in total. The molecule has 3 N–H and O–H groups in total. The van der Waals surface area contributed by atoms with E-state index in [1.165, 1.54) is 31.2 Å². The molecule has 138 valence electrons. The van der Waals surface area contributed by atoms with Gasteiger partial charge in [0.2, 0.25) is 5.91 Å². The van der Waals surface area contributed by atoms with Gasteiger partial charge in [0.1, 0.15) is 0 Å². The predicted molar refractivity (Wildman–Crippen MR) is 104 cm³/mol. The first-order valence-corrected chi connectivity index (χ1v) is 9.55. The minimum Gasteiger partial charge on any atom is -0.357 e. The number of nitrogens with one attached hydrogen (secondary N) is 3. The molecule has 1 aliphatic rings. The fraction of sp³-hybridized carbons (Fsp3) is 0.600. The number of benzene rings is 1. The molecule has 1 amide bonds. The van der Waals surface area contributed by atoms with Gasteiger partial charge in [0.25, 0.3) is 0 Å². The third-order valence-electron chi connectivity index (χ3n) is 4.65. The van der Waals surface area contributed by atoms with Crippen LogP contribution in [0.1, 0.15) is 57.6 Å². The SMILES string of the molecule is CCNC(=NCCNC(=O)CC1CCCC1)NC(C)c1ccccc1. The summed E-state index contributed by atoms with van der Waals surface area (Å²) < 4.78 is 0. The topological polar surface area (TPSA) is 65.5 Å². The molecule has 0 bridgehead atoms. The maximum Gasteiger partial charge on any atom is 0.220 e. The summed E-state index contributed by atoms with van der Waals surface area (Å²) in [4.78, 5) is 16.5. The van der Waals surface area contributed by atoms with Crippen LogP contribution in [0.2, 0.25) is 0 Å². The Morgan fingerprint density at radius 3 is 2.60 bits per heavy atom. The van der Waals surface area contributed by atoms with E-state index in [1.807, 2.05) is 25.1 Å².